The van der Waals surface area contributed by atoms with Crippen molar-refractivity contribution in [3.8, 4) is 0 Å². The first-order valence-corrected chi connectivity index (χ1v) is 8.22. The second kappa shape index (κ2) is 6.56. The van der Waals surface area contributed by atoms with E-state index in [0.717, 1.165) is 18.4 Å². The maximum absolute atomic E-state index is 3.67. The minimum atomic E-state index is 0.872. The molecule has 1 heteroatoms. The molecule has 1 N–H and O–H groups in total. The molecule has 0 radical (unpaired) electrons. The molecule has 0 saturated heterocycles. The highest BCUT2D eigenvalue weighted by atomic mass is 14.8. The fraction of sp³-hybridized carbons (Fsp3) is 0.667. The summed E-state index contributed by atoms with van der Waals surface area (Å²) in [4.78, 5) is 0. The van der Waals surface area contributed by atoms with Crippen molar-refractivity contribution in [3.05, 3.63) is 35.4 Å². The van der Waals surface area contributed by atoms with Gasteiger partial charge in [0.1, 0.15) is 0 Å². The maximum Gasteiger partial charge on any atom is 0.0208 e. The quantitative estimate of drug-likeness (QED) is 0.733. The molecule has 0 amide bonds. The van der Waals surface area contributed by atoms with Crippen LogP contribution in [0.5, 0.6) is 0 Å². The van der Waals surface area contributed by atoms with Gasteiger partial charge in [0.2, 0.25) is 0 Å². The summed E-state index contributed by atoms with van der Waals surface area (Å²) >= 11 is 0. The Bertz CT molecular complexity index is 388. The monoisotopic (exact) mass is 257 g/mol. The van der Waals surface area contributed by atoms with E-state index in [1.165, 1.54) is 63.5 Å². The van der Waals surface area contributed by atoms with E-state index in [-0.39, 0.29) is 0 Å². The Labute approximate surface area is 117 Å². The van der Waals surface area contributed by atoms with Crippen LogP contribution in [0.3, 0.4) is 0 Å². The standard InChI is InChI=1S/C18H27N/c1-2-6-15(7-3-1)12-13-19-14-17-8-4-5-9-18(17)16-10-11-16/h4-5,8-9,15-16,19H,1-3,6-7,10-14H2. The Kier molecular flexibility index (Phi) is 4.55. The van der Waals surface area contributed by atoms with Crippen LogP contribution in [-0.2, 0) is 6.54 Å². The summed E-state index contributed by atoms with van der Waals surface area (Å²) in [5, 5.41) is 3.67. The van der Waals surface area contributed by atoms with Gasteiger partial charge in [-0.2, -0.15) is 0 Å². The fourth-order valence-electron chi connectivity index (χ4n) is 3.49. The minimum absolute atomic E-state index is 0.872. The molecule has 3 rings (SSSR count). The topological polar surface area (TPSA) is 12.0 Å². The normalized spacial score (nSPS) is 20.6. The van der Waals surface area contributed by atoms with Crippen molar-refractivity contribution in [1.29, 1.82) is 0 Å². The van der Waals surface area contributed by atoms with Crippen molar-refractivity contribution in [2.24, 2.45) is 5.92 Å². The van der Waals surface area contributed by atoms with E-state index in [1.807, 2.05) is 0 Å². The highest BCUT2D eigenvalue weighted by Crippen LogP contribution is 2.41. The van der Waals surface area contributed by atoms with Gasteiger partial charge in [-0.15, -0.1) is 0 Å². The van der Waals surface area contributed by atoms with Crippen molar-refractivity contribution in [2.75, 3.05) is 6.54 Å². The first-order valence-electron chi connectivity index (χ1n) is 8.22. The highest BCUT2D eigenvalue weighted by molar-refractivity contribution is 5.33. The lowest BCUT2D eigenvalue weighted by Crippen LogP contribution is -2.19. The molecule has 19 heavy (non-hydrogen) atoms. The average molecular weight is 257 g/mol. The first kappa shape index (κ1) is 13.2. The smallest absolute Gasteiger partial charge is 0.0208 e. The number of hydrogen-bond acceptors (Lipinski definition) is 1. The molecule has 0 heterocycles. The van der Waals surface area contributed by atoms with E-state index in [2.05, 4.69) is 29.6 Å². The van der Waals surface area contributed by atoms with Crippen molar-refractivity contribution in [1.82, 2.24) is 5.32 Å². The molecule has 0 aromatic heterocycles. The molecule has 2 fully saturated rings. The number of benzene rings is 1. The molecule has 0 spiro atoms. The summed E-state index contributed by atoms with van der Waals surface area (Å²) < 4.78 is 0. The summed E-state index contributed by atoms with van der Waals surface area (Å²) in [5.41, 5.74) is 3.14. The van der Waals surface area contributed by atoms with Crippen LogP contribution in [0.2, 0.25) is 0 Å². The largest absolute Gasteiger partial charge is 0.313 e. The molecule has 2 aliphatic rings. The second-order valence-electron chi connectivity index (χ2n) is 6.44. The second-order valence-corrected chi connectivity index (χ2v) is 6.44. The van der Waals surface area contributed by atoms with E-state index in [1.54, 1.807) is 5.56 Å². The highest BCUT2D eigenvalue weighted by Gasteiger charge is 2.25. The summed E-state index contributed by atoms with van der Waals surface area (Å²) in [6.45, 7) is 2.27. The lowest BCUT2D eigenvalue weighted by atomic mass is 9.87. The van der Waals surface area contributed by atoms with Crippen LogP contribution < -0.4 is 5.32 Å². The van der Waals surface area contributed by atoms with Gasteiger partial charge in [0, 0.05) is 6.54 Å². The molecular weight excluding hydrogens is 230 g/mol. The van der Waals surface area contributed by atoms with E-state index >= 15 is 0 Å². The lowest BCUT2D eigenvalue weighted by molar-refractivity contribution is 0.334. The molecule has 104 valence electrons. The summed E-state index contributed by atoms with van der Waals surface area (Å²) in [6.07, 6.45) is 11.5. The number of nitrogens with one attached hydrogen (secondary N) is 1. The molecule has 2 aliphatic carbocycles. The third-order valence-electron chi connectivity index (χ3n) is 4.84. The van der Waals surface area contributed by atoms with Gasteiger partial charge in [0.15, 0.2) is 0 Å². The summed E-state index contributed by atoms with van der Waals surface area (Å²) in [6, 6.07) is 9.01. The maximum atomic E-state index is 3.67. The molecule has 0 bridgehead atoms. The zero-order valence-electron chi connectivity index (χ0n) is 12.0. The zero-order chi connectivity index (χ0) is 12.9. The van der Waals surface area contributed by atoms with Crippen molar-refractivity contribution >= 4 is 0 Å². The molecule has 1 nitrogen and oxygen atoms in total. The Morgan fingerprint density at radius 1 is 0.947 bits per heavy atom. The molecule has 0 aliphatic heterocycles. The molecule has 0 unspecified atom stereocenters. The third kappa shape index (κ3) is 3.82. The molecule has 2 saturated carbocycles. The predicted octanol–water partition coefficient (Wildman–Crippen LogP) is 4.62. The fourth-order valence-corrected chi connectivity index (χ4v) is 3.49. The van der Waals surface area contributed by atoms with Gasteiger partial charge in [0.05, 0.1) is 0 Å². The van der Waals surface area contributed by atoms with Crippen molar-refractivity contribution in [3.63, 3.8) is 0 Å². The van der Waals surface area contributed by atoms with E-state index in [4.69, 9.17) is 0 Å². The van der Waals surface area contributed by atoms with E-state index in [9.17, 15) is 0 Å². The van der Waals surface area contributed by atoms with Gasteiger partial charge in [-0.25, -0.2) is 0 Å². The minimum Gasteiger partial charge on any atom is -0.313 e. The Balaban J connectivity index is 1.42. The van der Waals surface area contributed by atoms with Crippen LogP contribution in [0.15, 0.2) is 24.3 Å². The van der Waals surface area contributed by atoms with Gasteiger partial charge >= 0.3 is 0 Å². The Morgan fingerprint density at radius 2 is 1.74 bits per heavy atom. The Morgan fingerprint density at radius 3 is 2.53 bits per heavy atom. The predicted molar refractivity (Wildman–Crippen MR) is 81.3 cm³/mol. The van der Waals surface area contributed by atoms with Crippen LogP contribution >= 0.6 is 0 Å². The first-order chi connectivity index (χ1) is 9.43. The van der Waals surface area contributed by atoms with Gasteiger partial charge in [-0.1, -0.05) is 56.4 Å². The number of rotatable bonds is 6. The average Bonchev–Trinajstić information content (AvgIpc) is 3.30. The van der Waals surface area contributed by atoms with Gasteiger partial charge in [-0.3, -0.25) is 0 Å². The van der Waals surface area contributed by atoms with Crippen LogP contribution in [0.25, 0.3) is 0 Å². The molecular formula is C18H27N. The SMILES string of the molecule is c1ccc(C2CC2)c(CNCCC2CCCCC2)c1. The number of hydrogen-bond donors (Lipinski definition) is 1. The van der Waals surface area contributed by atoms with Crippen LogP contribution in [0.1, 0.15) is 68.4 Å². The van der Waals surface area contributed by atoms with E-state index < -0.39 is 0 Å². The van der Waals surface area contributed by atoms with Crippen LogP contribution in [0.4, 0.5) is 0 Å². The zero-order valence-corrected chi connectivity index (χ0v) is 12.0. The van der Waals surface area contributed by atoms with Gasteiger partial charge in [0.25, 0.3) is 0 Å². The van der Waals surface area contributed by atoms with Gasteiger partial charge in [-0.05, 0) is 48.8 Å². The molecule has 1 aromatic rings. The van der Waals surface area contributed by atoms with Gasteiger partial charge < -0.3 is 5.32 Å². The third-order valence-corrected chi connectivity index (χ3v) is 4.84. The Hall–Kier alpha value is -0.820. The summed E-state index contributed by atoms with van der Waals surface area (Å²) in [5.74, 6) is 1.87. The molecule has 0 atom stereocenters. The van der Waals surface area contributed by atoms with Crippen LogP contribution in [-0.4, -0.2) is 6.54 Å². The molecule has 1 aromatic carbocycles. The summed E-state index contributed by atoms with van der Waals surface area (Å²) in [7, 11) is 0. The lowest BCUT2D eigenvalue weighted by Gasteiger charge is -2.21. The van der Waals surface area contributed by atoms with Crippen molar-refractivity contribution < 1.29 is 0 Å². The van der Waals surface area contributed by atoms with E-state index in [0.29, 0.717) is 0 Å². The van der Waals surface area contributed by atoms with Crippen LogP contribution in [0, 0.1) is 5.92 Å². The van der Waals surface area contributed by atoms with Crippen molar-refractivity contribution in [2.45, 2.75) is 63.8 Å².